The van der Waals surface area contributed by atoms with E-state index in [1.165, 1.54) is 12.1 Å². The SMILES string of the molecule is CS(=O)(=O)c1cccc(NC(=O)CN2CCN(c3ccc(O)cc3)CC2)c1. The molecule has 0 bridgehead atoms. The molecule has 0 aromatic heterocycles. The lowest BCUT2D eigenvalue weighted by Gasteiger charge is -2.35. The van der Waals surface area contributed by atoms with Crippen LogP contribution in [0.5, 0.6) is 5.75 Å². The second-order valence-corrected chi connectivity index (χ2v) is 8.64. The second-order valence-electron chi connectivity index (χ2n) is 6.63. The Hall–Kier alpha value is -2.58. The molecular weight excluding hydrogens is 366 g/mol. The number of sulfone groups is 1. The molecule has 7 nitrogen and oxygen atoms in total. The van der Waals surface area contributed by atoms with Crippen molar-refractivity contribution >= 4 is 27.1 Å². The zero-order valence-electron chi connectivity index (χ0n) is 15.1. The highest BCUT2D eigenvalue weighted by molar-refractivity contribution is 7.90. The number of phenols is 1. The molecule has 1 amide bonds. The number of carbonyl (C=O) groups is 1. The first-order valence-electron chi connectivity index (χ1n) is 8.67. The fourth-order valence-electron chi connectivity index (χ4n) is 3.04. The van der Waals surface area contributed by atoms with Crippen molar-refractivity contribution < 1.29 is 18.3 Å². The van der Waals surface area contributed by atoms with Crippen LogP contribution < -0.4 is 10.2 Å². The van der Waals surface area contributed by atoms with Crippen LogP contribution in [0.4, 0.5) is 11.4 Å². The van der Waals surface area contributed by atoms with E-state index in [4.69, 9.17) is 0 Å². The Morgan fingerprint density at radius 2 is 1.74 bits per heavy atom. The summed E-state index contributed by atoms with van der Waals surface area (Å²) in [5.41, 5.74) is 1.53. The molecular formula is C19H23N3O4S. The summed E-state index contributed by atoms with van der Waals surface area (Å²) in [6.45, 7) is 3.34. The van der Waals surface area contributed by atoms with Crippen molar-refractivity contribution in [3.63, 3.8) is 0 Å². The Kier molecular flexibility index (Phi) is 5.67. The molecule has 2 N–H and O–H groups in total. The van der Waals surface area contributed by atoms with Crippen LogP contribution in [0.25, 0.3) is 0 Å². The van der Waals surface area contributed by atoms with Gasteiger partial charge in [-0.2, -0.15) is 0 Å². The third-order valence-corrected chi connectivity index (χ3v) is 5.61. The van der Waals surface area contributed by atoms with Crippen LogP contribution >= 0.6 is 0 Å². The van der Waals surface area contributed by atoms with E-state index in [9.17, 15) is 18.3 Å². The summed E-state index contributed by atoms with van der Waals surface area (Å²) >= 11 is 0. The molecule has 1 saturated heterocycles. The molecule has 8 heteroatoms. The van der Waals surface area contributed by atoms with Gasteiger partial charge in [0.2, 0.25) is 5.91 Å². The number of hydrogen-bond donors (Lipinski definition) is 2. The third-order valence-electron chi connectivity index (χ3n) is 4.50. The van der Waals surface area contributed by atoms with E-state index in [1.807, 2.05) is 12.1 Å². The monoisotopic (exact) mass is 389 g/mol. The van der Waals surface area contributed by atoms with Gasteiger partial charge in [-0.25, -0.2) is 8.42 Å². The summed E-state index contributed by atoms with van der Waals surface area (Å²) in [5.74, 6) is 0.0766. The van der Waals surface area contributed by atoms with Crippen molar-refractivity contribution in [2.45, 2.75) is 4.90 Å². The number of piperazine rings is 1. The molecule has 0 aliphatic carbocycles. The zero-order valence-corrected chi connectivity index (χ0v) is 15.9. The van der Waals surface area contributed by atoms with Gasteiger partial charge in [-0.05, 0) is 42.5 Å². The first-order chi connectivity index (χ1) is 12.8. The lowest BCUT2D eigenvalue weighted by molar-refractivity contribution is -0.117. The number of carbonyl (C=O) groups excluding carboxylic acids is 1. The highest BCUT2D eigenvalue weighted by Gasteiger charge is 2.19. The predicted octanol–water partition coefficient (Wildman–Crippen LogP) is 1.56. The minimum absolute atomic E-state index is 0.168. The molecule has 27 heavy (non-hydrogen) atoms. The van der Waals surface area contributed by atoms with Crippen molar-refractivity contribution in [1.82, 2.24) is 4.90 Å². The van der Waals surface area contributed by atoms with Crippen LogP contribution in [0.2, 0.25) is 0 Å². The summed E-state index contributed by atoms with van der Waals surface area (Å²) in [5, 5.41) is 12.1. The Balaban J connectivity index is 1.52. The molecule has 0 spiro atoms. The number of nitrogens with one attached hydrogen (secondary N) is 1. The Morgan fingerprint density at radius 3 is 2.37 bits per heavy atom. The topological polar surface area (TPSA) is 90.0 Å². The van der Waals surface area contributed by atoms with Gasteiger partial charge in [0.25, 0.3) is 0 Å². The van der Waals surface area contributed by atoms with Crippen molar-refractivity contribution in [2.75, 3.05) is 49.2 Å². The Bertz CT molecular complexity index is 905. The standard InChI is InChI=1S/C19H23N3O4S/c1-27(25,26)18-4-2-3-15(13-18)20-19(24)14-21-9-11-22(12-10-21)16-5-7-17(23)8-6-16/h2-8,13,23H,9-12,14H2,1H3,(H,20,24). The minimum Gasteiger partial charge on any atom is -0.508 e. The van der Waals surface area contributed by atoms with E-state index in [0.29, 0.717) is 5.69 Å². The summed E-state index contributed by atoms with van der Waals surface area (Å²) in [6.07, 6.45) is 1.14. The van der Waals surface area contributed by atoms with Gasteiger partial charge < -0.3 is 15.3 Å². The number of hydrogen-bond acceptors (Lipinski definition) is 6. The highest BCUT2D eigenvalue weighted by Crippen LogP contribution is 2.20. The van der Waals surface area contributed by atoms with Crippen LogP contribution in [-0.4, -0.2) is 63.3 Å². The average Bonchev–Trinajstić information content (AvgIpc) is 2.62. The maximum absolute atomic E-state index is 12.3. The highest BCUT2D eigenvalue weighted by atomic mass is 32.2. The van der Waals surface area contributed by atoms with Crippen LogP contribution in [-0.2, 0) is 14.6 Å². The molecule has 0 radical (unpaired) electrons. The smallest absolute Gasteiger partial charge is 0.238 e. The minimum atomic E-state index is -3.31. The maximum atomic E-state index is 12.3. The van der Waals surface area contributed by atoms with Gasteiger partial charge in [-0.3, -0.25) is 9.69 Å². The van der Waals surface area contributed by atoms with E-state index in [1.54, 1.807) is 24.3 Å². The molecule has 2 aromatic rings. The van der Waals surface area contributed by atoms with Crippen molar-refractivity contribution in [3.8, 4) is 5.75 Å². The Labute approximate surface area is 159 Å². The molecule has 3 rings (SSSR count). The normalized spacial score (nSPS) is 15.5. The van der Waals surface area contributed by atoms with Crippen LogP contribution in [0.3, 0.4) is 0 Å². The maximum Gasteiger partial charge on any atom is 0.238 e. The molecule has 0 atom stereocenters. The first kappa shape index (κ1) is 19.2. The van der Waals surface area contributed by atoms with Gasteiger partial charge in [0.05, 0.1) is 11.4 Å². The average molecular weight is 389 g/mol. The van der Waals surface area contributed by atoms with Crippen LogP contribution in [0.1, 0.15) is 0 Å². The quantitative estimate of drug-likeness (QED) is 0.807. The van der Waals surface area contributed by atoms with E-state index in [-0.39, 0.29) is 23.1 Å². The zero-order chi connectivity index (χ0) is 19.4. The van der Waals surface area contributed by atoms with Gasteiger partial charge >= 0.3 is 0 Å². The Morgan fingerprint density at radius 1 is 1.07 bits per heavy atom. The largest absolute Gasteiger partial charge is 0.508 e. The lowest BCUT2D eigenvalue weighted by atomic mass is 10.2. The molecule has 1 heterocycles. The van der Waals surface area contributed by atoms with Crippen molar-refractivity contribution in [2.24, 2.45) is 0 Å². The number of anilines is 2. The summed E-state index contributed by atoms with van der Waals surface area (Å²) in [4.78, 5) is 16.7. The van der Waals surface area contributed by atoms with Gasteiger partial charge in [0.15, 0.2) is 9.84 Å². The fourth-order valence-corrected chi connectivity index (χ4v) is 3.70. The van der Waals surface area contributed by atoms with E-state index < -0.39 is 9.84 Å². The second kappa shape index (κ2) is 7.98. The first-order valence-corrected chi connectivity index (χ1v) is 10.6. The van der Waals surface area contributed by atoms with E-state index >= 15 is 0 Å². The van der Waals surface area contributed by atoms with Crippen molar-refractivity contribution in [3.05, 3.63) is 48.5 Å². The van der Waals surface area contributed by atoms with E-state index in [2.05, 4.69) is 15.1 Å². The van der Waals surface area contributed by atoms with Gasteiger partial charge in [0, 0.05) is 43.8 Å². The third kappa shape index (κ3) is 5.21. The molecule has 0 saturated carbocycles. The van der Waals surface area contributed by atoms with Gasteiger partial charge in [0.1, 0.15) is 5.75 Å². The lowest BCUT2D eigenvalue weighted by Crippen LogP contribution is -2.48. The van der Waals surface area contributed by atoms with Crippen molar-refractivity contribution in [1.29, 1.82) is 0 Å². The number of amides is 1. The molecule has 0 unspecified atom stereocenters. The van der Waals surface area contributed by atoms with Gasteiger partial charge in [-0.1, -0.05) is 6.07 Å². The summed E-state index contributed by atoms with van der Waals surface area (Å²) in [7, 11) is -3.31. The summed E-state index contributed by atoms with van der Waals surface area (Å²) in [6, 6.07) is 13.4. The fraction of sp³-hybridized carbons (Fsp3) is 0.316. The number of benzene rings is 2. The number of phenolic OH excluding ortho intramolecular Hbond substituents is 1. The van der Waals surface area contributed by atoms with Gasteiger partial charge in [-0.15, -0.1) is 0 Å². The molecule has 2 aromatic carbocycles. The van der Waals surface area contributed by atoms with Crippen LogP contribution in [0, 0.1) is 0 Å². The predicted molar refractivity (Wildman–Crippen MR) is 105 cm³/mol. The van der Waals surface area contributed by atoms with E-state index in [0.717, 1.165) is 38.1 Å². The molecule has 1 fully saturated rings. The molecule has 1 aliphatic rings. The number of rotatable bonds is 5. The molecule has 144 valence electrons. The number of aromatic hydroxyl groups is 1. The summed E-state index contributed by atoms with van der Waals surface area (Å²) < 4.78 is 23.2. The van der Waals surface area contributed by atoms with Crippen LogP contribution in [0.15, 0.2) is 53.4 Å². The number of nitrogens with zero attached hydrogens (tertiary/aromatic N) is 2. The molecule has 1 aliphatic heterocycles.